The first kappa shape index (κ1) is 17.5. The number of urea groups is 1. The van der Waals surface area contributed by atoms with Gasteiger partial charge in [0.05, 0.1) is 19.3 Å². The predicted octanol–water partition coefficient (Wildman–Crippen LogP) is 2.45. The lowest BCUT2D eigenvalue weighted by atomic mass is 10.1. The molecule has 1 aromatic carbocycles. The van der Waals surface area contributed by atoms with Crippen LogP contribution in [0.25, 0.3) is 0 Å². The van der Waals surface area contributed by atoms with Crippen LogP contribution >= 0.6 is 0 Å². The lowest BCUT2D eigenvalue weighted by Gasteiger charge is -2.31. The molecule has 0 aliphatic carbocycles. The molecule has 6 nitrogen and oxygen atoms in total. The molecule has 0 radical (unpaired) electrons. The lowest BCUT2D eigenvalue weighted by Crippen LogP contribution is -2.48. The van der Waals surface area contributed by atoms with Gasteiger partial charge < -0.3 is 19.5 Å². The van der Waals surface area contributed by atoms with Gasteiger partial charge in [0.25, 0.3) is 0 Å². The summed E-state index contributed by atoms with van der Waals surface area (Å²) in [5.74, 6) is 0.891. The quantitative estimate of drug-likeness (QED) is 0.877. The maximum absolute atomic E-state index is 12.3. The first-order valence-electron chi connectivity index (χ1n) is 8.90. The van der Waals surface area contributed by atoms with Gasteiger partial charge in [0, 0.05) is 32.0 Å². The van der Waals surface area contributed by atoms with Crippen LogP contribution in [0.3, 0.4) is 0 Å². The Morgan fingerprint density at radius 2 is 2.20 bits per heavy atom. The van der Waals surface area contributed by atoms with Gasteiger partial charge in [-0.2, -0.15) is 0 Å². The third-order valence-corrected chi connectivity index (χ3v) is 4.44. The molecule has 6 heteroatoms. The Bertz CT molecular complexity index is 671. The smallest absolute Gasteiger partial charge is 0.317 e. The highest BCUT2D eigenvalue weighted by Gasteiger charge is 2.21. The van der Waals surface area contributed by atoms with Gasteiger partial charge in [0.2, 0.25) is 0 Å². The second kappa shape index (κ2) is 8.67. The maximum atomic E-state index is 12.3. The molecule has 1 fully saturated rings. The van der Waals surface area contributed by atoms with Crippen molar-refractivity contribution >= 4 is 6.03 Å². The lowest BCUT2D eigenvalue weighted by molar-refractivity contribution is -0.00354. The van der Waals surface area contributed by atoms with Crippen molar-refractivity contribution in [2.45, 2.75) is 39.0 Å². The standard InChI is InChI=1S/C19H26N4O2/c1-16-15-23(12-13-25-16)19(24)21-14-18-20-9-11-22(18)10-5-8-17-6-3-2-4-7-17/h2-4,6-7,9,11,16H,5,8,10,12-15H2,1H3,(H,21,24). The van der Waals surface area contributed by atoms with E-state index in [1.54, 1.807) is 11.1 Å². The van der Waals surface area contributed by atoms with Gasteiger partial charge in [0.15, 0.2) is 0 Å². The monoisotopic (exact) mass is 342 g/mol. The van der Waals surface area contributed by atoms with Crippen molar-refractivity contribution in [3.8, 4) is 0 Å². The van der Waals surface area contributed by atoms with Crippen LogP contribution in [0.4, 0.5) is 4.79 Å². The van der Waals surface area contributed by atoms with E-state index in [0.29, 0.717) is 26.2 Å². The zero-order chi connectivity index (χ0) is 17.5. The molecule has 2 amide bonds. The van der Waals surface area contributed by atoms with E-state index in [1.165, 1.54) is 5.56 Å². The minimum Gasteiger partial charge on any atom is -0.375 e. The van der Waals surface area contributed by atoms with Crippen LogP contribution in [0.2, 0.25) is 0 Å². The molecule has 1 N–H and O–H groups in total. The van der Waals surface area contributed by atoms with Crippen molar-refractivity contribution in [1.82, 2.24) is 19.8 Å². The minimum atomic E-state index is -0.0472. The van der Waals surface area contributed by atoms with Gasteiger partial charge in [-0.1, -0.05) is 30.3 Å². The van der Waals surface area contributed by atoms with Gasteiger partial charge in [-0.15, -0.1) is 0 Å². The molecule has 3 rings (SSSR count). The number of nitrogens with one attached hydrogen (secondary N) is 1. The summed E-state index contributed by atoms with van der Waals surface area (Å²) in [4.78, 5) is 18.5. The second-order valence-electron chi connectivity index (χ2n) is 6.41. The summed E-state index contributed by atoms with van der Waals surface area (Å²) >= 11 is 0. The van der Waals surface area contributed by atoms with Crippen LogP contribution in [0.15, 0.2) is 42.7 Å². The van der Waals surface area contributed by atoms with E-state index in [2.05, 4.69) is 39.1 Å². The molecule has 2 heterocycles. The number of rotatable bonds is 6. The Hall–Kier alpha value is -2.34. The van der Waals surface area contributed by atoms with Gasteiger partial charge in [-0.3, -0.25) is 0 Å². The number of carbonyl (C=O) groups is 1. The molecule has 0 spiro atoms. The number of nitrogens with zero attached hydrogens (tertiary/aromatic N) is 3. The Labute approximate surface area is 148 Å². The number of benzene rings is 1. The molecule has 1 aliphatic rings. The predicted molar refractivity (Wildman–Crippen MR) is 96.2 cm³/mol. The van der Waals surface area contributed by atoms with Crippen molar-refractivity contribution in [1.29, 1.82) is 0 Å². The molecule has 0 saturated carbocycles. The Balaban J connectivity index is 1.45. The molecular formula is C19H26N4O2. The number of ether oxygens (including phenoxy) is 1. The van der Waals surface area contributed by atoms with E-state index >= 15 is 0 Å². The van der Waals surface area contributed by atoms with Crippen LogP contribution in [0, 0.1) is 0 Å². The number of imidazole rings is 1. The second-order valence-corrected chi connectivity index (χ2v) is 6.41. The zero-order valence-corrected chi connectivity index (χ0v) is 14.7. The van der Waals surface area contributed by atoms with E-state index in [9.17, 15) is 4.79 Å². The highest BCUT2D eigenvalue weighted by molar-refractivity contribution is 5.74. The summed E-state index contributed by atoms with van der Waals surface area (Å²) < 4.78 is 7.59. The fourth-order valence-electron chi connectivity index (χ4n) is 3.08. The van der Waals surface area contributed by atoms with Gasteiger partial charge in [-0.05, 0) is 25.3 Å². The van der Waals surface area contributed by atoms with Crippen molar-refractivity contribution in [3.63, 3.8) is 0 Å². The number of hydrogen-bond acceptors (Lipinski definition) is 3. The largest absolute Gasteiger partial charge is 0.375 e. The summed E-state index contributed by atoms with van der Waals surface area (Å²) in [6.45, 7) is 5.21. The van der Waals surface area contributed by atoms with Crippen LogP contribution in [-0.4, -0.2) is 46.3 Å². The number of aryl methyl sites for hydroxylation is 2. The fraction of sp³-hybridized carbons (Fsp3) is 0.474. The van der Waals surface area contributed by atoms with Crippen LogP contribution < -0.4 is 5.32 Å². The Morgan fingerprint density at radius 3 is 3.00 bits per heavy atom. The molecule has 2 aromatic rings. The first-order chi connectivity index (χ1) is 12.2. The molecule has 1 saturated heterocycles. The van der Waals surface area contributed by atoms with Crippen molar-refractivity contribution in [2.24, 2.45) is 0 Å². The molecule has 1 atom stereocenters. The Kier molecular flexibility index (Phi) is 6.06. The van der Waals surface area contributed by atoms with Gasteiger partial charge >= 0.3 is 6.03 Å². The van der Waals surface area contributed by atoms with E-state index < -0.39 is 0 Å². The molecular weight excluding hydrogens is 316 g/mol. The first-order valence-corrected chi connectivity index (χ1v) is 8.90. The molecule has 1 unspecified atom stereocenters. The van der Waals surface area contributed by atoms with E-state index in [0.717, 1.165) is 25.2 Å². The summed E-state index contributed by atoms with van der Waals surface area (Å²) in [6, 6.07) is 10.4. The van der Waals surface area contributed by atoms with E-state index in [-0.39, 0.29) is 12.1 Å². The number of aromatic nitrogens is 2. The maximum Gasteiger partial charge on any atom is 0.317 e. The van der Waals surface area contributed by atoms with Crippen LogP contribution in [-0.2, 0) is 24.2 Å². The summed E-state index contributed by atoms with van der Waals surface area (Å²) in [6.07, 6.45) is 5.95. The highest BCUT2D eigenvalue weighted by Crippen LogP contribution is 2.07. The van der Waals surface area contributed by atoms with Crippen LogP contribution in [0.1, 0.15) is 24.7 Å². The summed E-state index contributed by atoms with van der Waals surface area (Å²) in [7, 11) is 0. The average molecular weight is 342 g/mol. The normalized spacial score (nSPS) is 17.5. The topological polar surface area (TPSA) is 59.4 Å². The SMILES string of the molecule is CC1CN(C(=O)NCc2nccn2CCCc2ccccc2)CCO1. The molecule has 1 aliphatic heterocycles. The average Bonchev–Trinajstić information content (AvgIpc) is 3.08. The summed E-state index contributed by atoms with van der Waals surface area (Å²) in [5, 5.41) is 2.97. The van der Waals surface area contributed by atoms with E-state index in [4.69, 9.17) is 4.74 Å². The number of carbonyl (C=O) groups excluding carboxylic acids is 1. The number of hydrogen-bond donors (Lipinski definition) is 1. The fourth-order valence-corrected chi connectivity index (χ4v) is 3.08. The minimum absolute atomic E-state index is 0.0472. The number of amides is 2. The highest BCUT2D eigenvalue weighted by atomic mass is 16.5. The molecule has 25 heavy (non-hydrogen) atoms. The molecule has 1 aromatic heterocycles. The molecule has 134 valence electrons. The zero-order valence-electron chi connectivity index (χ0n) is 14.7. The summed E-state index contributed by atoms with van der Waals surface area (Å²) in [5.41, 5.74) is 1.35. The van der Waals surface area contributed by atoms with Crippen molar-refractivity contribution in [2.75, 3.05) is 19.7 Å². The third kappa shape index (κ3) is 5.06. The number of morpholine rings is 1. The molecule has 0 bridgehead atoms. The van der Waals surface area contributed by atoms with Gasteiger partial charge in [0.1, 0.15) is 5.82 Å². The third-order valence-electron chi connectivity index (χ3n) is 4.44. The van der Waals surface area contributed by atoms with Crippen molar-refractivity contribution < 1.29 is 9.53 Å². The van der Waals surface area contributed by atoms with E-state index in [1.807, 2.05) is 19.2 Å². The van der Waals surface area contributed by atoms with Crippen LogP contribution in [0.5, 0.6) is 0 Å². The Morgan fingerprint density at radius 1 is 1.36 bits per heavy atom. The van der Waals surface area contributed by atoms with Crippen molar-refractivity contribution in [3.05, 3.63) is 54.1 Å². The van der Waals surface area contributed by atoms with Gasteiger partial charge in [-0.25, -0.2) is 9.78 Å².